The van der Waals surface area contributed by atoms with Crippen LogP contribution in [0, 0.1) is 0 Å². The first-order valence-corrected chi connectivity index (χ1v) is 7.21. The summed E-state index contributed by atoms with van der Waals surface area (Å²) < 4.78 is 0. The Bertz CT molecular complexity index is 503. The molecule has 0 aliphatic carbocycles. The third-order valence-electron chi connectivity index (χ3n) is 3.62. The van der Waals surface area contributed by atoms with Crippen LogP contribution in [0.4, 0.5) is 5.69 Å². The second-order valence-corrected chi connectivity index (χ2v) is 5.40. The lowest BCUT2D eigenvalue weighted by Crippen LogP contribution is -2.21. The van der Waals surface area contributed by atoms with Crippen molar-refractivity contribution in [2.24, 2.45) is 0 Å². The number of benzene rings is 2. The summed E-state index contributed by atoms with van der Waals surface area (Å²) in [5.41, 5.74) is 3.96. The largest absolute Gasteiger partial charge is 0.378 e. The predicted octanol–water partition coefficient (Wildman–Crippen LogP) is 3.65. The molecule has 0 saturated carbocycles. The number of hydrogen-bond donors (Lipinski definition) is 1. The molecular formula is C18H24N2. The molecular weight excluding hydrogens is 244 g/mol. The highest BCUT2D eigenvalue weighted by Crippen LogP contribution is 2.17. The van der Waals surface area contributed by atoms with Crippen LogP contribution < -0.4 is 10.2 Å². The zero-order valence-corrected chi connectivity index (χ0v) is 12.6. The molecule has 0 fully saturated rings. The van der Waals surface area contributed by atoms with E-state index in [1.807, 2.05) is 0 Å². The van der Waals surface area contributed by atoms with Gasteiger partial charge < -0.3 is 10.2 Å². The van der Waals surface area contributed by atoms with Gasteiger partial charge in [0.05, 0.1) is 0 Å². The molecule has 2 aromatic carbocycles. The minimum atomic E-state index is 0.384. The van der Waals surface area contributed by atoms with E-state index in [9.17, 15) is 0 Å². The van der Waals surface area contributed by atoms with Crippen molar-refractivity contribution < 1.29 is 0 Å². The molecule has 0 heterocycles. The molecule has 0 amide bonds. The number of nitrogens with one attached hydrogen (secondary N) is 1. The van der Waals surface area contributed by atoms with E-state index in [1.54, 1.807) is 0 Å². The Kier molecular flexibility index (Phi) is 5.19. The SMILES string of the molecule is CC(NCCc1ccccc1)c1ccc(N(C)C)cc1. The second kappa shape index (κ2) is 7.11. The molecule has 0 aliphatic rings. The lowest BCUT2D eigenvalue weighted by molar-refractivity contribution is 0.577. The van der Waals surface area contributed by atoms with Crippen LogP contribution in [-0.4, -0.2) is 20.6 Å². The molecule has 2 rings (SSSR count). The zero-order valence-electron chi connectivity index (χ0n) is 12.6. The topological polar surface area (TPSA) is 15.3 Å². The minimum absolute atomic E-state index is 0.384. The smallest absolute Gasteiger partial charge is 0.0361 e. The van der Waals surface area contributed by atoms with Gasteiger partial charge in [-0.15, -0.1) is 0 Å². The molecule has 106 valence electrons. The van der Waals surface area contributed by atoms with Crippen molar-refractivity contribution in [1.82, 2.24) is 5.32 Å². The molecule has 0 saturated heterocycles. The highest BCUT2D eigenvalue weighted by atomic mass is 15.1. The van der Waals surface area contributed by atoms with E-state index in [1.165, 1.54) is 16.8 Å². The van der Waals surface area contributed by atoms with Crippen LogP contribution in [-0.2, 0) is 6.42 Å². The van der Waals surface area contributed by atoms with Crippen molar-refractivity contribution in [1.29, 1.82) is 0 Å². The first-order chi connectivity index (χ1) is 9.66. The summed E-state index contributed by atoms with van der Waals surface area (Å²) in [5, 5.41) is 3.58. The molecule has 0 aromatic heterocycles. The van der Waals surface area contributed by atoms with Crippen LogP contribution in [0.15, 0.2) is 54.6 Å². The van der Waals surface area contributed by atoms with E-state index in [-0.39, 0.29) is 0 Å². The summed E-state index contributed by atoms with van der Waals surface area (Å²) in [6.07, 6.45) is 1.07. The van der Waals surface area contributed by atoms with Gasteiger partial charge in [0.2, 0.25) is 0 Å². The van der Waals surface area contributed by atoms with Crippen molar-refractivity contribution in [3.05, 3.63) is 65.7 Å². The number of anilines is 1. The van der Waals surface area contributed by atoms with Crippen LogP contribution in [0.3, 0.4) is 0 Å². The molecule has 0 radical (unpaired) electrons. The standard InChI is InChI=1S/C18H24N2/c1-15(17-9-11-18(12-10-17)20(2)3)19-14-13-16-7-5-4-6-8-16/h4-12,15,19H,13-14H2,1-3H3. The van der Waals surface area contributed by atoms with Crippen molar-refractivity contribution in [2.75, 3.05) is 25.5 Å². The third kappa shape index (κ3) is 4.10. The molecule has 2 nitrogen and oxygen atoms in total. The zero-order chi connectivity index (χ0) is 14.4. The molecule has 0 spiro atoms. The van der Waals surface area contributed by atoms with Gasteiger partial charge >= 0.3 is 0 Å². The average molecular weight is 268 g/mol. The summed E-state index contributed by atoms with van der Waals surface area (Å²) in [7, 11) is 4.13. The van der Waals surface area contributed by atoms with Gasteiger partial charge in [-0.25, -0.2) is 0 Å². The van der Waals surface area contributed by atoms with Crippen LogP contribution >= 0.6 is 0 Å². The summed E-state index contributed by atoms with van der Waals surface area (Å²) >= 11 is 0. The monoisotopic (exact) mass is 268 g/mol. The van der Waals surface area contributed by atoms with Crippen LogP contribution in [0.25, 0.3) is 0 Å². The van der Waals surface area contributed by atoms with E-state index in [2.05, 4.69) is 85.8 Å². The minimum Gasteiger partial charge on any atom is -0.378 e. The molecule has 0 aliphatic heterocycles. The van der Waals surface area contributed by atoms with Gasteiger partial charge in [-0.1, -0.05) is 42.5 Å². The predicted molar refractivity (Wildman–Crippen MR) is 87.3 cm³/mol. The Morgan fingerprint density at radius 3 is 2.20 bits per heavy atom. The molecule has 20 heavy (non-hydrogen) atoms. The molecule has 1 N–H and O–H groups in total. The van der Waals surface area contributed by atoms with E-state index >= 15 is 0 Å². The van der Waals surface area contributed by atoms with Gasteiger partial charge in [-0.2, -0.15) is 0 Å². The van der Waals surface area contributed by atoms with Crippen molar-refractivity contribution in [2.45, 2.75) is 19.4 Å². The Labute approximate surface area is 122 Å². The maximum Gasteiger partial charge on any atom is 0.0361 e. The molecule has 0 bridgehead atoms. The van der Waals surface area contributed by atoms with E-state index < -0.39 is 0 Å². The van der Waals surface area contributed by atoms with E-state index in [4.69, 9.17) is 0 Å². The average Bonchev–Trinajstić information content (AvgIpc) is 2.48. The quantitative estimate of drug-likeness (QED) is 0.860. The van der Waals surface area contributed by atoms with Gasteiger partial charge in [0.25, 0.3) is 0 Å². The third-order valence-corrected chi connectivity index (χ3v) is 3.62. The molecule has 2 aromatic rings. The van der Waals surface area contributed by atoms with Crippen molar-refractivity contribution in [3.8, 4) is 0 Å². The van der Waals surface area contributed by atoms with Gasteiger partial charge in [-0.3, -0.25) is 0 Å². The molecule has 1 atom stereocenters. The summed E-state index contributed by atoms with van der Waals surface area (Å²) in [6.45, 7) is 3.22. The maximum absolute atomic E-state index is 3.58. The molecule has 1 unspecified atom stereocenters. The number of hydrogen-bond acceptors (Lipinski definition) is 2. The van der Waals surface area contributed by atoms with E-state index in [0.717, 1.165) is 13.0 Å². The number of nitrogens with zero attached hydrogens (tertiary/aromatic N) is 1. The Morgan fingerprint density at radius 2 is 1.60 bits per heavy atom. The van der Waals surface area contributed by atoms with Crippen LogP contribution in [0.5, 0.6) is 0 Å². The fourth-order valence-electron chi connectivity index (χ4n) is 2.26. The highest BCUT2D eigenvalue weighted by Gasteiger charge is 2.04. The Balaban J connectivity index is 1.84. The lowest BCUT2D eigenvalue weighted by atomic mass is 10.1. The van der Waals surface area contributed by atoms with Crippen molar-refractivity contribution >= 4 is 5.69 Å². The summed E-state index contributed by atoms with van der Waals surface area (Å²) in [5.74, 6) is 0. The molecule has 2 heteroatoms. The van der Waals surface area contributed by atoms with Gasteiger partial charge in [0, 0.05) is 25.8 Å². The first-order valence-electron chi connectivity index (χ1n) is 7.21. The van der Waals surface area contributed by atoms with E-state index in [0.29, 0.717) is 6.04 Å². The van der Waals surface area contributed by atoms with Gasteiger partial charge in [-0.05, 0) is 43.1 Å². The first kappa shape index (κ1) is 14.6. The van der Waals surface area contributed by atoms with Gasteiger partial charge in [0.1, 0.15) is 0 Å². The fourth-order valence-corrected chi connectivity index (χ4v) is 2.26. The summed E-state index contributed by atoms with van der Waals surface area (Å²) in [6, 6.07) is 19.7. The van der Waals surface area contributed by atoms with Gasteiger partial charge in [0.15, 0.2) is 0 Å². The fraction of sp³-hybridized carbons (Fsp3) is 0.333. The number of rotatable bonds is 6. The van der Waals surface area contributed by atoms with Crippen LogP contribution in [0.1, 0.15) is 24.1 Å². The lowest BCUT2D eigenvalue weighted by Gasteiger charge is -2.17. The highest BCUT2D eigenvalue weighted by molar-refractivity contribution is 5.46. The van der Waals surface area contributed by atoms with Crippen LogP contribution in [0.2, 0.25) is 0 Å². The summed E-state index contributed by atoms with van der Waals surface area (Å²) in [4.78, 5) is 2.12. The normalized spacial score (nSPS) is 12.2. The Hall–Kier alpha value is -1.80. The maximum atomic E-state index is 3.58. The Morgan fingerprint density at radius 1 is 0.950 bits per heavy atom. The van der Waals surface area contributed by atoms with Crippen molar-refractivity contribution in [3.63, 3.8) is 0 Å². The second-order valence-electron chi connectivity index (χ2n) is 5.40.